The predicted octanol–water partition coefficient (Wildman–Crippen LogP) is 3.91. The molecule has 0 aromatic heterocycles. The number of aryl methyl sites for hydroxylation is 1. The molecule has 1 unspecified atom stereocenters. The highest BCUT2D eigenvalue weighted by molar-refractivity contribution is 6.03. The molecule has 3 heteroatoms. The van der Waals surface area contributed by atoms with Crippen molar-refractivity contribution in [3.8, 4) is 11.5 Å². The standard InChI is InChI=1S/C20H20O3/c1-22-14-5-7-17-13(10-14)4-3-9-20(17)12-19(21)16-11-15(23-2)6-8-18(16)20/h5-8,10-11H,3-4,9,12H2,1-2H3. The lowest BCUT2D eigenvalue weighted by Crippen LogP contribution is -2.30. The lowest BCUT2D eigenvalue weighted by atomic mass is 9.66. The zero-order valence-electron chi connectivity index (χ0n) is 13.5. The first-order valence-electron chi connectivity index (χ1n) is 8.07. The van der Waals surface area contributed by atoms with Crippen LogP contribution >= 0.6 is 0 Å². The Labute approximate surface area is 136 Å². The van der Waals surface area contributed by atoms with Crippen molar-refractivity contribution in [1.29, 1.82) is 0 Å². The minimum Gasteiger partial charge on any atom is -0.497 e. The number of benzene rings is 2. The van der Waals surface area contributed by atoms with Crippen LogP contribution in [-0.2, 0) is 11.8 Å². The quantitative estimate of drug-likeness (QED) is 0.843. The number of methoxy groups -OCH3 is 2. The first kappa shape index (κ1) is 14.3. The van der Waals surface area contributed by atoms with E-state index < -0.39 is 0 Å². The second-order valence-corrected chi connectivity index (χ2v) is 6.47. The summed E-state index contributed by atoms with van der Waals surface area (Å²) in [4.78, 5) is 12.7. The Balaban J connectivity index is 1.91. The third kappa shape index (κ3) is 1.99. The Hall–Kier alpha value is -2.29. The number of carbonyl (C=O) groups is 1. The normalized spacial score (nSPS) is 21.9. The topological polar surface area (TPSA) is 35.5 Å². The molecule has 0 bridgehead atoms. The van der Waals surface area contributed by atoms with Crippen LogP contribution in [-0.4, -0.2) is 20.0 Å². The molecule has 2 aliphatic carbocycles. The van der Waals surface area contributed by atoms with Crippen molar-refractivity contribution in [1.82, 2.24) is 0 Å². The second-order valence-electron chi connectivity index (χ2n) is 6.47. The number of fused-ring (bicyclic) bond motifs is 4. The second kappa shape index (κ2) is 5.12. The van der Waals surface area contributed by atoms with Crippen LogP contribution < -0.4 is 9.47 Å². The zero-order chi connectivity index (χ0) is 16.0. The molecule has 2 aromatic carbocycles. The minimum absolute atomic E-state index is 0.168. The van der Waals surface area contributed by atoms with Crippen LogP contribution in [0.5, 0.6) is 11.5 Å². The Bertz CT molecular complexity index is 793. The van der Waals surface area contributed by atoms with Crippen LogP contribution in [0.2, 0.25) is 0 Å². The van der Waals surface area contributed by atoms with Crippen LogP contribution in [0, 0.1) is 0 Å². The van der Waals surface area contributed by atoms with E-state index in [2.05, 4.69) is 18.2 Å². The molecule has 3 nitrogen and oxygen atoms in total. The number of hydrogen-bond donors (Lipinski definition) is 0. The summed E-state index contributed by atoms with van der Waals surface area (Å²) in [6.45, 7) is 0. The average Bonchev–Trinajstić information content (AvgIpc) is 2.87. The van der Waals surface area contributed by atoms with E-state index in [0.717, 1.165) is 41.9 Å². The van der Waals surface area contributed by atoms with E-state index in [1.807, 2.05) is 18.2 Å². The smallest absolute Gasteiger partial charge is 0.164 e. The molecule has 2 aromatic rings. The molecule has 0 aliphatic heterocycles. The molecular weight excluding hydrogens is 288 g/mol. The maximum absolute atomic E-state index is 12.7. The Morgan fingerprint density at radius 2 is 1.65 bits per heavy atom. The molecule has 0 N–H and O–H groups in total. The van der Waals surface area contributed by atoms with Crippen molar-refractivity contribution in [3.63, 3.8) is 0 Å². The highest BCUT2D eigenvalue weighted by Gasteiger charge is 2.46. The first-order chi connectivity index (χ1) is 11.2. The molecule has 0 radical (unpaired) electrons. The maximum atomic E-state index is 12.7. The fourth-order valence-electron chi connectivity index (χ4n) is 4.31. The molecule has 0 saturated heterocycles. The van der Waals surface area contributed by atoms with Crippen LogP contribution in [0.25, 0.3) is 0 Å². The Morgan fingerprint density at radius 3 is 2.39 bits per heavy atom. The summed E-state index contributed by atoms with van der Waals surface area (Å²) >= 11 is 0. The summed E-state index contributed by atoms with van der Waals surface area (Å²) in [6.07, 6.45) is 3.74. The fourth-order valence-corrected chi connectivity index (χ4v) is 4.31. The van der Waals surface area contributed by atoms with Gasteiger partial charge in [-0.1, -0.05) is 12.1 Å². The molecule has 1 spiro atoms. The van der Waals surface area contributed by atoms with Gasteiger partial charge in [-0.25, -0.2) is 0 Å². The van der Waals surface area contributed by atoms with Crippen molar-refractivity contribution in [2.24, 2.45) is 0 Å². The number of ketones is 1. The van der Waals surface area contributed by atoms with Crippen LogP contribution in [0.3, 0.4) is 0 Å². The molecule has 0 saturated carbocycles. The molecule has 23 heavy (non-hydrogen) atoms. The number of rotatable bonds is 2. The molecular formula is C20H20O3. The van der Waals surface area contributed by atoms with E-state index in [1.165, 1.54) is 11.1 Å². The molecule has 0 heterocycles. The van der Waals surface area contributed by atoms with Gasteiger partial charge < -0.3 is 9.47 Å². The number of hydrogen-bond acceptors (Lipinski definition) is 3. The highest BCUT2D eigenvalue weighted by Crippen LogP contribution is 2.51. The molecule has 0 amide bonds. The summed E-state index contributed by atoms with van der Waals surface area (Å²) in [7, 11) is 3.33. The Kier molecular flexibility index (Phi) is 3.19. The van der Waals surface area contributed by atoms with Crippen molar-refractivity contribution < 1.29 is 14.3 Å². The van der Waals surface area contributed by atoms with E-state index in [4.69, 9.17) is 9.47 Å². The third-order valence-corrected chi connectivity index (χ3v) is 5.38. The molecule has 4 rings (SSSR count). The van der Waals surface area contributed by atoms with E-state index in [0.29, 0.717) is 6.42 Å². The highest BCUT2D eigenvalue weighted by atomic mass is 16.5. The Morgan fingerprint density at radius 1 is 0.957 bits per heavy atom. The number of Topliss-reactive ketones (excluding diaryl/α,β-unsaturated/α-hetero) is 1. The van der Waals surface area contributed by atoms with Gasteiger partial charge >= 0.3 is 0 Å². The van der Waals surface area contributed by atoms with Gasteiger partial charge in [0.05, 0.1) is 14.2 Å². The van der Waals surface area contributed by atoms with Crippen LogP contribution in [0.15, 0.2) is 36.4 Å². The third-order valence-electron chi connectivity index (χ3n) is 5.38. The maximum Gasteiger partial charge on any atom is 0.164 e. The summed E-state index contributed by atoms with van der Waals surface area (Å²) in [5.41, 5.74) is 4.43. The van der Waals surface area contributed by atoms with E-state index in [9.17, 15) is 4.79 Å². The summed E-state index contributed by atoms with van der Waals surface area (Å²) < 4.78 is 10.7. The molecule has 2 aliphatic rings. The van der Waals surface area contributed by atoms with Crippen LogP contribution in [0.4, 0.5) is 0 Å². The van der Waals surface area contributed by atoms with E-state index >= 15 is 0 Å². The van der Waals surface area contributed by atoms with Crippen molar-refractivity contribution >= 4 is 5.78 Å². The van der Waals surface area contributed by atoms with Gasteiger partial charge in [0.2, 0.25) is 0 Å². The summed E-state index contributed by atoms with van der Waals surface area (Å²) in [5, 5.41) is 0. The average molecular weight is 308 g/mol. The van der Waals surface area contributed by atoms with Gasteiger partial charge in [0.1, 0.15) is 11.5 Å². The van der Waals surface area contributed by atoms with E-state index in [-0.39, 0.29) is 11.2 Å². The zero-order valence-corrected chi connectivity index (χ0v) is 13.5. The molecule has 118 valence electrons. The van der Waals surface area contributed by atoms with Gasteiger partial charge in [-0.3, -0.25) is 4.79 Å². The lowest BCUT2D eigenvalue weighted by Gasteiger charge is -2.36. The number of ether oxygens (including phenoxy) is 2. The fraction of sp³-hybridized carbons (Fsp3) is 0.350. The van der Waals surface area contributed by atoms with Crippen molar-refractivity contribution in [3.05, 3.63) is 58.7 Å². The van der Waals surface area contributed by atoms with Gasteiger partial charge in [-0.2, -0.15) is 0 Å². The molecule has 0 fully saturated rings. The SMILES string of the molecule is COc1ccc2c(c1)CCCC21CC(=O)c2cc(OC)ccc21. The molecule has 1 atom stereocenters. The predicted molar refractivity (Wildman–Crippen MR) is 88.7 cm³/mol. The van der Waals surface area contributed by atoms with Crippen molar-refractivity contribution in [2.45, 2.75) is 31.1 Å². The monoisotopic (exact) mass is 308 g/mol. The summed E-state index contributed by atoms with van der Waals surface area (Å²) in [5.74, 6) is 1.86. The first-order valence-corrected chi connectivity index (χ1v) is 8.07. The minimum atomic E-state index is -0.168. The largest absolute Gasteiger partial charge is 0.497 e. The van der Waals surface area contributed by atoms with E-state index in [1.54, 1.807) is 14.2 Å². The van der Waals surface area contributed by atoms with Gasteiger partial charge in [-0.05, 0) is 60.2 Å². The lowest BCUT2D eigenvalue weighted by molar-refractivity contribution is 0.0976. The van der Waals surface area contributed by atoms with Gasteiger partial charge in [-0.15, -0.1) is 0 Å². The van der Waals surface area contributed by atoms with Gasteiger partial charge in [0, 0.05) is 17.4 Å². The van der Waals surface area contributed by atoms with Gasteiger partial charge in [0.15, 0.2) is 5.78 Å². The van der Waals surface area contributed by atoms with Crippen LogP contribution in [0.1, 0.15) is 46.3 Å². The summed E-state index contributed by atoms with van der Waals surface area (Å²) in [6, 6.07) is 12.2. The number of carbonyl (C=O) groups excluding carboxylic acids is 1. The van der Waals surface area contributed by atoms with Gasteiger partial charge in [0.25, 0.3) is 0 Å². The van der Waals surface area contributed by atoms with Crippen molar-refractivity contribution in [2.75, 3.05) is 14.2 Å².